The van der Waals surface area contributed by atoms with Crippen molar-refractivity contribution in [2.45, 2.75) is 32.3 Å². The van der Waals surface area contributed by atoms with Crippen LogP contribution in [0.15, 0.2) is 42.0 Å². The summed E-state index contributed by atoms with van der Waals surface area (Å²) in [6.45, 7) is 0.748. The van der Waals surface area contributed by atoms with E-state index in [4.69, 9.17) is 4.74 Å². The standard InChI is InChI=1S/C15H18O2/c16-15(10-13-6-4-5-7-13)12-17-11-14-8-2-1-3-9-14/h1-3,6,8-9H,4-5,7,10-12H2. The van der Waals surface area contributed by atoms with Crippen LogP contribution in [-0.2, 0) is 16.1 Å². The van der Waals surface area contributed by atoms with Gasteiger partial charge in [-0.3, -0.25) is 4.79 Å². The SMILES string of the molecule is O=C(COCc1ccccc1)CC1=CCCC1. The van der Waals surface area contributed by atoms with E-state index in [9.17, 15) is 4.79 Å². The Balaban J connectivity index is 1.66. The fraction of sp³-hybridized carbons (Fsp3) is 0.400. The number of hydrogen-bond acceptors (Lipinski definition) is 2. The highest BCUT2D eigenvalue weighted by Gasteiger charge is 2.09. The third-order valence-corrected chi connectivity index (χ3v) is 2.93. The lowest BCUT2D eigenvalue weighted by molar-refractivity contribution is -0.123. The van der Waals surface area contributed by atoms with Crippen molar-refractivity contribution in [3.05, 3.63) is 47.5 Å². The zero-order chi connectivity index (χ0) is 11.9. The first kappa shape index (κ1) is 12.1. The minimum Gasteiger partial charge on any atom is -0.369 e. The van der Waals surface area contributed by atoms with Crippen molar-refractivity contribution in [2.75, 3.05) is 6.61 Å². The molecule has 0 saturated heterocycles. The number of hydrogen-bond donors (Lipinski definition) is 0. The number of carbonyl (C=O) groups is 1. The van der Waals surface area contributed by atoms with E-state index < -0.39 is 0 Å². The van der Waals surface area contributed by atoms with Gasteiger partial charge in [-0.2, -0.15) is 0 Å². The molecule has 1 aromatic carbocycles. The van der Waals surface area contributed by atoms with Gasteiger partial charge in [0, 0.05) is 6.42 Å². The molecule has 0 saturated carbocycles. The monoisotopic (exact) mass is 230 g/mol. The molecule has 0 amide bonds. The van der Waals surface area contributed by atoms with Crippen LogP contribution in [0.4, 0.5) is 0 Å². The summed E-state index contributed by atoms with van der Waals surface area (Å²) in [5.41, 5.74) is 2.40. The van der Waals surface area contributed by atoms with E-state index in [-0.39, 0.29) is 12.4 Å². The molecule has 0 unspecified atom stereocenters. The van der Waals surface area contributed by atoms with Crippen LogP contribution in [0.25, 0.3) is 0 Å². The number of carbonyl (C=O) groups excluding carboxylic acids is 1. The lowest BCUT2D eigenvalue weighted by Crippen LogP contribution is -2.09. The Kier molecular flexibility index (Phi) is 4.51. The molecule has 17 heavy (non-hydrogen) atoms. The lowest BCUT2D eigenvalue weighted by atomic mass is 10.1. The number of benzene rings is 1. The highest BCUT2D eigenvalue weighted by molar-refractivity contribution is 5.82. The van der Waals surface area contributed by atoms with E-state index in [1.165, 1.54) is 12.0 Å². The minimum absolute atomic E-state index is 0.189. The van der Waals surface area contributed by atoms with Crippen LogP contribution in [0.2, 0.25) is 0 Å². The fourth-order valence-corrected chi connectivity index (χ4v) is 2.06. The molecular formula is C15H18O2. The van der Waals surface area contributed by atoms with Crippen molar-refractivity contribution in [2.24, 2.45) is 0 Å². The number of ketones is 1. The van der Waals surface area contributed by atoms with Crippen LogP contribution >= 0.6 is 0 Å². The van der Waals surface area contributed by atoms with Gasteiger partial charge in [-0.15, -0.1) is 0 Å². The first-order valence-corrected chi connectivity index (χ1v) is 6.16. The van der Waals surface area contributed by atoms with Gasteiger partial charge in [0.05, 0.1) is 6.61 Å². The Labute approximate surface area is 102 Å². The average molecular weight is 230 g/mol. The fourth-order valence-electron chi connectivity index (χ4n) is 2.06. The summed E-state index contributed by atoms with van der Waals surface area (Å²) in [5, 5.41) is 0. The Hall–Kier alpha value is -1.41. The average Bonchev–Trinajstić information content (AvgIpc) is 2.83. The van der Waals surface area contributed by atoms with E-state index in [0.717, 1.165) is 18.4 Å². The molecule has 1 aliphatic carbocycles. The van der Waals surface area contributed by atoms with Gasteiger partial charge in [-0.05, 0) is 24.8 Å². The summed E-state index contributed by atoms with van der Waals surface area (Å²) in [4.78, 5) is 11.6. The van der Waals surface area contributed by atoms with Crippen molar-refractivity contribution in [3.8, 4) is 0 Å². The van der Waals surface area contributed by atoms with Gasteiger partial charge >= 0.3 is 0 Å². The second-order valence-electron chi connectivity index (χ2n) is 4.45. The van der Waals surface area contributed by atoms with Crippen LogP contribution in [0, 0.1) is 0 Å². The first-order chi connectivity index (χ1) is 8.34. The number of ether oxygens (including phenoxy) is 1. The van der Waals surface area contributed by atoms with Gasteiger partial charge in [0.25, 0.3) is 0 Å². The molecule has 0 fully saturated rings. The summed E-state index contributed by atoms with van der Waals surface area (Å²) in [5.74, 6) is 0.189. The molecule has 0 N–H and O–H groups in total. The third kappa shape index (κ3) is 4.16. The van der Waals surface area contributed by atoms with E-state index in [1.807, 2.05) is 30.3 Å². The van der Waals surface area contributed by atoms with Crippen LogP contribution in [0.3, 0.4) is 0 Å². The first-order valence-electron chi connectivity index (χ1n) is 6.16. The van der Waals surface area contributed by atoms with Crippen LogP contribution in [-0.4, -0.2) is 12.4 Å². The zero-order valence-corrected chi connectivity index (χ0v) is 10.0. The molecule has 0 atom stereocenters. The number of allylic oxidation sites excluding steroid dienone is 2. The second kappa shape index (κ2) is 6.36. The van der Waals surface area contributed by atoms with Crippen molar-refractivity contribution in [3.63, 3.8) is 0 Å². The maximum atomic E-state index is 11.6. The predicted molar refractivity (Wildman–Crippen MR) is 67.7 cm³/mol. The minimum atomic E-state index is 0.189. The molecule has 0 spiro atoms. The largest absolute Gasteiger partial charge is 0.369 e. The molecule has 2 rings (SSSR count). The molecule has 0 radical (unpaired) electrons. The summed E-state index contributed by atoms with van der Waals surface area (Å²) in [6.07, 6.45) is 6.19. The van der Waals surface area contributed by atoms with E-state index >= 15 is 0 Å². The van der Waals surface area contributed by atoms with Crippen molar-refractivity contribution in [1.82, 2.24) is 0 Å². The highest BCUT2D eigenvalue weighted by atomic mass is 16.5. The van der Waals surface area contributed by atoms with Gasteiger partial charge in [-0.25, -0.2) is 0 Å². The molecule has 0 aromatic heterocycles. The molecule has 2 nitrogen and oxygen atoms in total. The van der Waals surface area contributed by atoms with E-state index in [0.29, 0.717) is 13.0 Å². The second-order valence-corrected chi connectivity index (χ2v) is 4.45. The van der Waals surface area contributed by atoms with Crippen LogP contribution < -0.4 is 0 Å². The van der Waals surface area contributed by atoms with Gasteiger partial charge in [0.15, 0.2) is 5.78 Å². The van der Waals surface area contributed by atoms with Crippen LogP contribution in [0.5, 0.6) is 0 Å². The van der Waals surface area contributed by atoms with Crippen molar-refractivity contribution >= 4 is 5.78 Å². The molecule has 0 bridgehead atoms. The normalized spacial score (nSPS) is 14.7. The molecule has 0 heterocycles. The number of rotatable bonds is 6. The van der Waals surface area contributed by atoms with Crippen molar-refractivity contribution < 1.29 is 9.53 Å². The van der Waals surface area contributed by atoms with Crippen LogP contribution in [0.1, 0.15) is 31.2 Å². The third-order valence-electron chi connectivity index (χ3n) is 2.93. The van der Waals surface area contributed by atoms with Gasteiger partial charge in [0.2, 0.25) is 0 Å². The molecular weight excluding hydrogens is 212 g/mol. The maximum absolute atomic E-state index is 11.6. The summed E-state index contributed by atoms with van der Waals surface area (Å²) in [7, 11) is 0. The molecule has 90 valence electrons. The predicted octanol–water partition coefficient (Wildman–Crippen LogP) is 3.27. The van der Waals surface area contributed by atoms with E-state index in [2.05, 4.69) is 6.08 Å². The van der Waals surface area contributed by atoms with Gasteiger partial charge < -0.3 is 4.74 Å². The summed E-state index contributed by atoms with van der Waals surface area (Å²) >= 11 is 0. The van der Waals surface area contributed by atoms with E-state index in [1.54, 1.807) is 0 Å². The maximum Gasteiger partial charge on any atom is 0.162 e. The zero-order valence-electron chi connectivity index (χ0n) is 10.0. The highest BCUT2D eigenvalue weighted by Crippen LogP contribution is 2.20. The van der Waals surface area contributed by atoms with Gasteiger partial charge in [-0.1, -0.05) is 42.0 Å². The molecule has 1 aliphatic rings. The molecule has 2 heteroatoms. The topological polar surface area (TPSA) is 26.3 Å². The molecule has 1 aromatic rings. The molecule has 0 aliphatic heterocycles. The Morgan fingerprint density at radius 2 is 2.06 bits per heavy atom. The Morgan fingerprint density at radius 3 is 2.76 bits per heavy atom. The van der Waals surface area contributed by atoms with Gasteiger partial charge in [0.1, 0.15) is 6.61 Å². The lowest BCUT2D eigenvalue weighted by Gasteiger charge is -2.04. The quantitative estimate of drug-likeness (QED) is 0.701. The Morgan fingerprint density at radius 1 is 1.24 bits per heavy atom. The van der Waals surface area contributed by atoms with Crippen molar-refractivity contribution in [1.29, 1.82) is 0 Å². The smallest absolute Gasteiger partial charge is 0.162 e. The summed E-state index contributed by atoms with van der Waals surface area (Å²) < 4.78 is 5.42. The number of Topliss-reactive ketones (excluding diaryl/α,β-unsaturated/α-hetero) is 1. The Bertz CT molecular complexity index is 393. The summed E-state index contributed by atoms with van der Waals surface area (Å²) in [6, 6.07) is 9.93.